The highest BCUT2D eigenvalue weighted by molar-refractivity contribution is 5.46. The van der Waals surface area contributed by atoms with E-state index in [9.17, 15) is 0 Å². The molecule has 0 radical (unpaired) electrons. The van der Waals surface area contributed by atoms with Gasteiger partial charge in [0.2, 0.25) is 6.79 Å². The summed E-state index contributed by atoms with van der Waals surface area (Å²) in [6.45, 7) is 2.30. The highest BCUT2D eigenvalue weighted by Crippen LogP contribution is 2.36. The second-order valence-corrected chi connectivity index (χ2v) is 4.60. The van der Waals surface area contributed by atoms with Gasteiger partial charge < -0.3 is 20.1 Å². The number of rotatable bonds is 1. The normalized spacial score (nSPS) is 28.6. The molecule has 0 saturated carbocycles. The van der Waals surface area contributed by atoms with Crippen LogP contribution in [0, 0.1) is 0 Å². The summed E-state index contributed by atoms with van der Waals surface area (Å²) < 4.78 is 10.7. The van der Waals surface area contributed by atoms with E-state index in [1.807, 2.05) is 6.07 Å². The number of ether oxygens (including phenoxy) is 2. The molecule has 0 aliphatic carbocycles. The van der Waals surface area contributed by atoms with Gasteiger partial charge in [-0.3, -0.25) is 0 Å². The highest BCUT2D eigenvalue weighted by atomic mass is 16.7. The summed E-state index contributed by atoms with van der Waals surface area (Å²) in [5, 5.41) is 0. The molecular formula is C12H16N2O2. The van der Waals surface area contributed by atoms with Crippen molar-refractivity contribution >= 4 is 0 Å². The predicted molar refractivity (Wildman–Crippen MR) is 60.8 cm³/mol. The van der Waals surface area contributed by atoms with Gasteiger partial charge in [-0.25, -0.2) is 0 Å². The molecule has 4 nitrogen and oxygen atoms in total. The molecule has 16 heavy (non-hydrogen) atoms. The molecule has 1 aromatic carbocycles. The van der Waals surface area contributed by atoms with Crippen LogP contribution in [0.15, 0.2) is 18.2 Å². The molecule has 0 unspecified atom stereocenters. The Balaban J connectivity index is 1.89. The molecule has 2 N–H and O–H groups in total. The third-order valence-corrected chi connectivity index (χ3v) is 3.37. The van der Waals surface area contributed by atoms with Crippen molar-refractivity contribution in [2.45, 2.75) is 12.0 Å². The summed E-state index contributed by atoms with van der Waals surface area (Å²) in [5.41, 5.74) is 7.38. The smallest absolute Gasteiger partial charge is 0.231 e. The third kappa shape index (κ3) is 1.54. The number of hydrogen-bond donors (Lipinski definition) is 1. The average Bonchev–Trinajstić information content (AvgIpc) is 2.83. The molecule has 2 heterocycles. The maximum atomic E-state index is 6.13. The maximum absolute atomic E-state index is 6.13. The fourth-order valence-corrected chi connectivity index (χ4v) is 2.53. The Morgan fingerprint density at radius 3 is 2.81 bits per heavy atom. The van der Waals surface area contributed by atoms with Gasteiger partial charge in [0.05, 0.1) is 0 Å². The van der Waals surface area contributed by atoms with Gasteiger partial charge in [-0.05, 0) is 24.7 Å². The minimum absolute atomic E-state index is 0.213. The number of hydrogen-bond acceptors (Lipinski definition) is 4. The summed E-state index contributed by atoms with van der Waals surface area (Å²) >= 11 is 0. The fourth-order valence-electron chi connectivity index (χ4n) is 2.53. The first-order valence-corrected chi connectivity index (χ1v) is 5.58. The minimum Gasteiger partial charge on any atom is -0.454 e. The molecular weight excluding hydrogens is 204 g/mol. The van der Waals surface area contributed by atoms with Gasteiger partial charge in [-0.1, -0.05) is 6.07 Å². The van der Waals surface area contributed by atoms with Gasteiger partial charge in [0.25, 0.3) is 0 Å². The van der Waals surface area contributed by atoms with Gasteiger partial charge in [-0.2, -0.15) is 0 Å². The van der Waals surface area contributed by atoms with Crippen molar-refractivity contribution in [2.24, 2.45) is 5.73 Å². The summed E-state index contributed by atoms with van der Waals surface area (Å²) in [6, 6.07) is 6.34. The number of likely N-dealkylation sites (tertiary alicyclic amines) is 1. The van der Waals surface area contributed by atoms with E-state index in [4.69, 9.17) is 15.2 Å². The monoisotopic (exact) mass is 220 g/mol. The second kappa shape index (κ2) is 3.64. The zero-order chi connectivity index (χ0) is 11.1. The lowest BCUT2D eigenvalue weighted by Crippen LogP contribution is -2.27. The molecule has 3 rings (SSSR count). The van der Waals surface area contributed by atoms with Gasteiger partial charge in [-0.15, -0.1) is 0 Å². The number of nitrogens with two attached hydrogens (primary N) is 1. The van der Waals surface area contributed by atoms with Crippen molar-refractivity contribution < 1.29 is 9.47 Å². The number of benzene rings is 1. The molecule has 86 valence electrons. The van der Waals surface area contributed by atoms with Crippen molar-refractivity contribution in [1.29, 1.82) is 0 Å². The first kappa shape index (κ1) is 9.93. The van der Waals surface area contributed by atoms with Gasteiger partial charge in [0.15, 0.2) is 11.5 Å². The Morgan fingerprint density at radius 1 is 1.25 bits per heavy atom. The molecule has 0 spiro atoms. The second-order valence-electron chi connectivity index (χ2n) is 4.60. The number of nitrogens with zero attached hydrogens (tertiary/aromatic N) is 1. The largest absolute Gasteiger partial charge is 0.454 e. The molecule has 1 aromatic rings. The molecule has 2 aliphatic heterocycles. The lowest BCUT2D eigenvalue weighted by molar-refractivity contribution is 0.174. The van der Waals surface area contributed by atoms with E-state index >= 15 is 0 Å². The first-order chi connectivity index (χ1) is 7.74. The van der Waals surface area contributed by atoms with E-state index in [0.29, 0.717) is 12.7 Å². The van der Waals surface area contributed by atoms with Crippen LogP contribution in [0.5, 0.6) is 11.5 Å². The first-order valence-electron chi connectivity index (χ1n) is 5.58. The van der Waals surface area contributed by atoms with Crippen LogP contribution in [0.25, 0.3) is 0 Å². The lowest BCUT2D eigenvalue weighted by Gasteiger charge is -2.14. The molecule has 1 saturated heterocycles. The zero-order valence-electron chi connectivity index (χ0n) is 9.35. The van der Waals surface area contributed by atoms with Gasteiger partial charge >= 0.3 is 0 Å². The standard InChI is InChI=1S/C12H16N2O2/c1-14-5-9(10(13)6-14)8-2-3-11-12(4-8)16-7-15-11/h2-4,9-10H,5-7,13H2,1H3/t9-,10-/m0/s1. The Morgan fingerprint density at radius 2 is 2.06 bits per heavy atom. The van der Waals surface area contributed by atoms with Crippen molar-refractivity contribution in [3.8, 4) is 11.5 Å². The highest BCUT2D eigenvalue weighted by Gasteiger charge is 2.30. The summed E-state index contributed by atoms with van der Waals surface area (Å²) in [4.78, 5) is 2.26. The van der Waals surface area contributed by atoms with Crippen LogP contribution in [0.4, 0.5) is 0 Å². The molecule has 1 fully saturated rings. The maximum Gasteiger partial charge on any atom is 0.231 e. The van der Waals surface area contributed by atoms with E-state index in [-0.39, 0.29) is 6.04 Å². The summed E-state index contributed by atoms with van der Waals surface area (Å²) in [5.74, 6) is 2.09. The van der Waals surface area contributed by atoms with Crippen molar-refractivity contribution in [3.63, 3.8) is 0 Å². The SMILES string of the molecule is CN1C[C@H](N)[C@H](c2ccc3c(c2)OCO3)C1. The number of fused-ring (bicyclic) bond motifs is 1. The van der Waals surface area contributed by atoms with Gasteiger partial charge in [0.1, 0.15) is 0 Å². The van der Waals surface area contributed by atoms with Gasteiger partial charge in [0, 0.05) is 25.0 Å². The fraction of sp³-hybridized carbons (Fsp3) is 0.500. The Labute approximate surface area is 94.9 Å². The minimum atomic E-state index is 0.213. The Bertz CT molecular complexity index is 408. The molecule has 0 amide bonds. The van der Waals surface area contributed by atoms with Crippen LogP contribution in [0.1, 0.15) is 11.5 Å². The van der Waals surface area contributed by atoms with Crippen LogP contribution in [-0.4, -0.2) is 37.9 Å². The van der Waals surface area contributed by atoms with Crippen LogP contribution in [0.3, 0.4) is 0 Å². The third-order valence-electron chi connectivity index (χ3n) is 3.37. The quantitative estimate of drug-likeness (QED) is 0.759. The molecule has 2 atom stereocenters. The van der Waals surface area contributed by atoms with Crippen LogP contribution in [-0.2, 0) is 0 Å². The Hall–Kier alpha value is -1.26. The topological polar surface area (TPSA) is 47.7 Å². The zero-order valence-corrected chi connectivity index (χ0v) is 9.35. The van der Waals surface area contributed by atoms with Crippen molar-refractivity contribution in [1.82, 2.24) is 4.90 Å². The summed E-state index contributed by atoms with van der Waals surface area (Å²) in [7, 11) is 2.10. The van der Waals surface area contributed by atoms with E-state index in [1.54, 1.807) is 0 Å². The van der Waals surface area contributed by atoms with Crippen LogP contribution < -0.4 is 15.2 Å². The summed E-state index contributed by atoms with van der Waals surface area (Å²) in [6.07, 6.45) is 0. The number of likely N-dealkylation sites (N-methyl/N-ethyl adjacent to an activating group) is 1. The van der Waals surface area contributed by atoms with E-state index in [1.165, 1.54) is 5.56 Å². The van der Waals surface area contributed by atoms with Crippen LogP contribution in [0.2, 0.25) is 0 Å². The predicted octanol–water partition coefficient (Wildman–Crippen LogP) is 0.772. The van der Waals surface area contributed by atoms with Crippen LogP contribution >= 0.6 is 0 Å². The van der Waals surface area contributed by atoms with E-state index in [2.05, 4.69) is 24.1 Å². The van der Waals surface area contributed by atoms with E-state index < -0.39 is 0 Å². The lowest BCUT2D eigenvalue weighted by atomic mass is 9.94. The van der Waals surface area contributed by atoms with Crippen molar-refractivity contribution in [3.05, 3.63) is 23.8 Å². The molecule has 0 aromatic heterocycles. The average molecular weight is 220 g/mol. The molecule has 0 bridgehead atoms. The van der Waals surface area contributed by atoms with E-state index in [0.717, 1.165) is 24.6 Å². The van der Waals surface area contributed by atoms with Crippen molar-refractivity contribution in [2.75, 3.05) is 26.9 Å². The Kier molecular flexibility index (Phi) is 2.26. The molecule has 2 aliphatic rings. The molecule has 4 heteroatoms.